The lowest BCUT2D eigenvalue weighted by molar-refractivity contribution is -0.187. The number of rotatable bonds is 10. The van der Waals surface area contributed by atoms with Crippen LogP contribution >= 0.6 is 0 Å². The Morgan fingerprint density at radius 3 is 0.974 bits per heavy atom. The number of aliphatic hydroxyl groups is 4. The van der Waals surface area contributed by atoms with E-state index >= 15 is 0 Å². The second-order valence-electron chi connectivity index (χ2n) is 7.99. The molecule has 0 aromatic heterocycles. The molecule has 0 fully saturated rings. The maximum absolute atomic E-state index is 12.8. The number of aryl methyl sites for hydroxylation is 2. The van der Waals surface area contributed by atoms with Gasteiger partial charge in [0.15, 0.2) is 12.2 Å². The first-order valence-electron chi connectivity index (χ1n) is 10.4. The smallest absolute Gasteiger partial charge is 0.348 e. The summed E-state index contributed by atoms with van der Waals surface area (Å²) in [5.41, 5.74) is -7.27. The third-order valence-corrected chi connectivity index (χ3v) is 5.23. The number of ketones is 2. The van der Waals surface area contributed by atoms with E-state index in [2.05, 4.69) is 0 Å². The number of carbonyl (C=O) groups is 6. The SMILES string of the molecule is Cc1ccc(C(=O)C(O)(C(=O)O)C(O)(C(=O)O)C(=O)c2ccc(C)cc2)cc1.O=C(O)C(O)C(O)C(=O)O. The number of benzene rings is 2. The van der Waals surface area contributed by atoms with Crippen LogP contribution in [0.5, 0.6) is 0 Å². The molecule has 38 heavy (non-hydrogen) atoms. The van der Waals surface area contributed by atoms with Crippen molar-refractivity contribution in [2.75, 3.05) is 0 Å². The van der Waals surface area contributed by atoms with Crippen molar-refractivity contribution in [1.29, 1.82) is 0 Å². The highest BCUT2D eigenvalue weighted by Crippen LogP contribution is 2.32. The van der Waals surface area contributed by atoms with Crippen molar-refractivity contribution in [2.45, 2.75) is 37.3 Å². The summed E-state index contributed by atoms with van der Waals surface area (Å²) in [7, 11) is 0. The molecule has 0 amide bonds. The van der Waals surface area contributed by atoms with Crippen LogP contribution in [0, 0.1) is 13.8 Å². The first-order valence-corrected chi connectivity index (χ1v) is 10.4. The molecule has 0 spiro atoms. The molecule has 0 bridgehead atoms. The lowest BCUT2D eigenvalue weighted by atomic mass is 9.73. The Labute approximate surface area is 213 Å². The highest BCUT2D eigenvalue weighted by Gasteiger charge is 2.69. The van der Waals surface area contributed by atoms with Crippen LogP contribution in [0.4, 0.5) is 0 Å². The maximum Gasteiger partial charge on any atom is 0.348 e. The number of hydrogen-bond acceptors (Lipinski definition) is 10. The number of carboxylic acids is 4. The highest BCUT2D eigenvalue weighted by atomic mass is 16.5. The predicted molar refractivity (Wildman–Crippen MR) is 123 cm³/mol. The van der Waals surface area contributed by atoms with Crippen LogP contribution in [-0.2, 0) is 19.2 Å². The summed E-state index contributed by atoms with van der Waals surface area (Å²) >= 11 is 0. The van der Waals surface area contributed by atoms with E-state index in [1.807, 2.05) is 0 Å². The number of aliphatic hydroxyl groups excluding tert-OH is 2. The van der Waals surface area contributed by atoms with E-state index in [1.54, 1.807) is 13.8 Å². The van der Waals surface area contributed by atoms with E-state index in [0.717, 1.165) is 24.3 Å². The predicted octanol–water partition coefficient (Wildman–Crippen LogP) is -1.12. The second-order valence-corrected chi connectivity index (χ2v) is 7.99. The van der Waals surface area contributed by atoms with Gasteiger partial charge in [-0.05, 0) is 13.8 Å². The molecular weight excluding hydrogens is 512 g/mol. The zero-order chi connectivity index (χ0) is 29.6. The molecule has 2 aromatic carbocycles. The Morgan fingerprint density at radius 1 is 0.553 bits per heavy atom. The molecule has 2 rings (SSSR count). The van der Waals surface area contributed by atoms with Gasteiger partial charge in [-0.15, -0.1) is 0 Å². The molecule has 0 aliphatic carbocycles. The fourth-order valence-electron chi connectivity index (χ4n) is 2.93. The third kappa shape index (κ3) is 6.24. The lowest BCUT2D eigenvalue weighted by Crippen LogP contribution is -2.71. The number of hydrogen-bond donors (Lipinski definition) is 8. The maximum atomic E-state index is 12.8. The van der Waals surface area contributed by atoms with Gasteiger partial charge >= 0.3 is 23.9 Å². The molecule has 0 saturated carbocycles. The van der Waals surface area contributed by atoms with E-state index in [1.165, 1.54) is 24.3 Å². The average molecular weight is 536 g/mol. The molecule has 2 aromatic rings. The van der Waals surface area contributed by atoms with Crippen LogP contribution in [-0.4, -0.2) is 99.7 Å². The summed E-state index contributed by atoms with van der Waals surface area (Å²) in [6.07, 6.45) is -4.53. The van der Waals surface area contributed by atoms with Crippen LogP contribution in [0.1, 0.15) is 31.8 Å². The molecular formula is C24H24O14. The van der Waals surface area contributed by atoms with Crippen molar-refractivity contribution in [1.82, 2.24) is 0 Å². The summed E-state index contributed by atoms with van der Waals surface area (Å²) in [6.45, 7) is 3.37. The summed E-state index contributed by atoms with van der Waals surface area (Å²) in [5.74, 6) is -11.5. The van der Waals surface area contributed by atoms with Crippen molar-refractivity contribution in [2.24, 2.45) is 0 Å². The summed E-state index contributed by atoms with van der Waals surface area (Å²) in [6, 6.07) is 10.3. The van der Waals surface area contributed by atoms with E-state index < -0.39 is 58.9 Å². The van der Waals surface area contributed by atoms with Gasteiger partial charge in [0.05, 0.1) is 0 Å². The van der Waals surface area contributed by atoms with Gasteiger partial charge in [-0.2, -0.15) is 0 Å². The number of aliphatic carboxylic acids is 4. The van der Waals surface area contributed by atoms with Crippen molar-refractivity contribution < 1.29 is 69.6 Å². The molecule has 8 N–H and O–H groups in total. The van der Waals surface area contributed by atoms with Gasteiger partial charge in [0.2, 0.25) is 11.6 Å². The Morgan fingerprint density at radius 2 is 0.789 bits per heavy atom. The Hall–Kier alpha value is -4.50. The molecule has 14 heteroatoms. The van der Waals surface area contributed by atoms with Crippen molar-refractivity contribution in [3.8, 4) is 0 Å². The highest BCUT2D eigenvalue weighted by molar-refractivity contribution is 6.28. The molecule has 0 aliphatic heterocycles. The molecule has 0 radical (unpaired) electrons. The minimum absolute atomic E-state index is 0.383. The fraction of sp³-hybridized carbons (Fsp3) is 0.250. The van der Waals surface area contributed by atoms with Crippen LogP contribution < -0.4 is 0 Å². The minimum atomic E-state index is -3.96. The molecule has 0 saturated heterocycles. The zero-order valence-electron chi connectivity index (χ0n) is 19.8. The number of carboxylic acid groups (broad SMARTS) is 4. The largest absolute Gasteiger partial charge is 0.479 e. The van der Waals surface area contributed by atoms with Crippen molar-refractivity contribution >= 4 is 35.4 Å². The van der Waals surface area contributed by atoms with Gasteiger partial charge in [0.1, 0.15) is 0 Å². The molecule has 4 unspecified atom stereocenters. The third-order valence-electron chi connectivity index (χ3n) is 5.23. The Balaban J connectivity index is 0.000000612. The lowest BCUT2D eigenvalue weighted by Gasteiger charge is -2.34. The Bertz CT molecular complexity index is 1140. The van der Waals surface area contributed by atoms with Crippen LogP contribution in [0.15, 0.2) is 48.5 Å². The fourth-order valence-corrected chi connectivity index (χ4v) is 2.93. The summed E-state index contributed by atoms with van der Waals surface area (Å²) < 4.78 is 0. The van der Waals surface area contributed by atoms with E-state index in [9.17, 15) is 49.2 Å². The topological polar surface area (TPSA) is 264 Å². The van der Waals surface area contributed by atoms with E-state index in [0.29, 0.717) is 11.1 Å². The molecule has 0 aliphatic rings. The molecule has 0 heterocycles. The quantitative estimate of drug-likeness (QED) is 0.132. The first-order chi connectivity index (χ1) is 17.4. The normalized spacial score (nSPS) is 15.3. The van der Waals surface area contributed by atoms with Crippen molar-refractivity contribution in [3.05, 3.63) is 70.8 Å². The van der Waals surface area contributed by atoms with Gasteiger partial charge in [-0.1, -0.05) is 59.7 Å². The van der Waals surface area contributed by atoms with Crippen LogP contribution in [0.3, 0.4) is 0 Å². The minimum Gasteiger partial charge on any atom is -0.479 e. The van der Waals surface area contributed by atoms with Gasteiger partial charge in [-0.3, -0.25) is 9.59 Å². The second kappa shape index (κ2) is 12.2. The Kier molecular flexibility index (Phi) is 10.1. The summed E-state index contributed by atoms with van der Waals surface area (Å²) in [5, 5.41) is 72.8. The zero-order valence-corrected chi connectivity index (χ0v) is 19.8. The van der Waals surface area contributed by atoms with Gasteiger partial charge in [-0.25, -0.2) is 19.2 Å². The van der Waals surface area contributed by atoms with Gasteiger partial charge in [0, 0.05) is 11.1 Å². The van der Waals surface area contributed by atoms with Gasteiger partial charge in [0.25, 0.3) is 11.2 Å². The van der Waals surface area contributed by atoms with Crippen LogP contribution in [0.2, 0.25) is 0 Å². The van der Waals surface area contributed by atoms with Gasteiger partial charge < -0.3 is 40.9 Å². The first kappa shape index (κ1) is 31.5. The number of Topliss-reactive ketones (excluding diaryl/α,β-unsaturated/α-hetero) is 2. The van der Waals surface area contributed by atoms with E-state index in [-0.39, 0.29) is 11.1 Å². The molecule has 4 atom stereocenters. The number of carbonyl (C=O) groups excluding carboxylic acids is 2. The summed E-state index contributed by atoms with van der Waals surface area (Å²) in [4.78, 5) is 68.6. The average Bonchev–Trinajstić information content (AvgIpc) is 2.86. The van der Waals surface area contributed by atoms with Crippen molar-refractivity contribution in [3.63, 3.8) is 0 Å². The molecule has 204 valence electrons. The monoisotopic (exact) mass is 536 g/mol. The van der Waals surface area contributed by atoms with Crippen LogP contribution in [0.25, 0.3) is 0 Å². The van der Waals surface area contributed by atoms with E-state index in [4.69, 9.17) is 20.4 Å². The molecule has 14 nitrogen and oxygen atoms in total. The standard InChI is InChI=1S/C20H18O8.C4H6O6/c1-11-3-7-13(8-4-11)15(21)19(27,17(23)24)20(28,18(25)26)16(22)14-9-5-12(2)6-10-14;5-1(3(7)8)2(6)4(9)10/h3-10,27-28H,1-2H3,(H,23,24)(H,25,26);1-2,5-6H,(H,7,8)(H,9,10).